The molecular formula is C15H18N2O3S2. The number of hydrogen-bond acceptors (Lipinski definition) is 4. The van der Waals surface area contributed by atoms with Crippen LogP contribution in [0.4, 0.5) is 4.79 Å². The smallest absolute Gasteiger partial charge is 0.314 e. The average molecular weight is 338 g/mol. The lowest BCUT2D eigenvalue weighted by Gasteiger charge is -2.11. The van der Waals surface area contributed by atoms with Crippen LogP contribution in [0.1, 0.15) is 11.7 Å². The molecule has 0 saturated carbocycles. The number of hydrogen-bond donors (Lipinski definition) is 3. The predicted octanol–water partition coefficient (Wildman–Crippen LogP) is 1.89. The van der Waals surface area contributed by atoms with Crippen LogP contribution in [-0.4, -0.2) is 34.2 Å². The summed E-state index contributed by atoms with van der Waals surface area (Å²) >= 11 is 1.50. The van der Waals surface area contributed by atoms with Crippen LogP contribution in [0.5, 0.6) is 0 Å². The van der Waals surface area contributed by atoms with E-state index in [1.807, 2.05) is 35.0 Å². The molecule has 0 saturated heterocycles. The van der Waals surface area contributed by atoms with Crippen LogP contribution in [0.25, 0.3) is 0 Å². The van der Waals surface area contributed by atoms with E-state index in [-0.39, 0.29) is 12.6 Å². The summed E-state index contributed by atoms with van der Waals surface area (Å²) in [6, 6.07) is 10.6. The number of aliphatic hydroxyl groups excluding tert-OH is 1. The van der Waals surface area contributed by atoms with E-state index in [2.05, 4.69) is 10.6 Å². The van der Waals surface area contributed by atoms with Crippen molar-refractivity contribution in [2.45, 2.75) is 11.0 Å². The van der Waals surface area contributed by atoms with Crippen LogP contribution in [0.2, 0.25) is 0 Å². The molecule has 2 atom stereocenters. The summed E-state index contributed by atoms with van der Waals surface area (Å²) in [6.07, 6.45) is -0.713. The molecule has 0 fully saturated rings. The molecule has 2 rings (SSSR count). The van der Waals surface area contributed by atoms with Gasteiger partial charge in [0.25, 0.3) is 0 Å². The molecule has 0 aliphatic carbocycles. The highest BCUT2D eigenvalue weighted by Crippen LogP contribution is 2.14. The van der Waals surface area contributed by atoms with Gasteiger partial charge in [-0.1, -0.05) is 18.2 Å². The number of amides is 2. The van der Waals surface area contributed by atoms with Crippen LogP contribution < -0.4 is 10.6 Å². The van der Waals surface area contributed by atoms with E-state index in [9.17, 15) is 14.1 Å². The second-order valence-electron chi connectivity index (χ2n) is 4.57. The lowest BCUT2D eigenvalue weighted by Crippen LogP contribution is -2.39. The highest BCUT2D eigenvalue weighted by Gasteiger charge is 2.10. The number of carbonyl (C=O) groups excluding carboxylic acids is 1. The molecule has 0 spiro atoms. The third-order valence-corrected chi connectivity index (χ3v) is 5.04. The van der Waals surface area contributed by atoms with Gasteiger partial charge in [-0.05, 0) is 34.5 Å². The number of aliphatic hydroxyl groups is 1. The molecule has 0 unspecified atom stereocenters. The number of carbonyl (C=O) groups is 1. The molecule has 1 aromatic carbocycles. The Morgan fingerprint density at radius 2 is 2.00 bits per heavy atom. The topological polar surface area (TPSA) is 78.4 Å². The second kappa shape index (κ2) is 8.67. The summed E-state index contributed by atoms with van der Waals surface area (Å²) in [5.41, 5.74) is 0.787. The Hall–Kier alpha value is -1.70. The zero-order valence-corrected chi connectivity index (χ0v) is 13.5. The maximum Gasteiger partial charge on any atom is 0.314 e. The monoisotopic (exact) mass is 338 g/mol. The fraction of sp³-hybridized carbons (Fsp3) is 0.267. The predicted molar refractivity (Wildman–Crippen MR) is 88.4 cm³/mol. The fourth-order valence-corrected chi connectivity index (χ4v) is 3.47. The Balaban J connectivity index is 1.65. The third-order valence-electron chi connectivity index (χ3n) is 2.96. The summed E-state index contributed by atoms with van der Waals surface area (Å²) in [5.74, 6) is 0.352. The van der Waals surface area contributed by atoms with Gasteiger partial charge in [0, 0.05) is 23.7 Å². The van der Waals surface area contributed by atoms with Gasteiger partial charge >= 0.3 is 6.03 Å². The number of urea groups is 1. The van der Waals surface area contributed by atoms with Crippen LogP contribution in [0.3, 0.4) is 0 Å². The normalized spacial score (nSPS) is 13.3. The molecule has 118 valence electrons. The van der Waals surface area contributed by atoms with Crippen molar-refractivity contribution in [3.05, 3.63) is 52.7 Å². The molecule has 22 heavy (non-hydrogen) atoms. The molecule has 2 aromatic rings. The Labute approximate surface area is 135 Å². The van der Waals surface area contributed by atoms with Crippen molar-refractivity contribution in [2.75, 3.05) is 18.8 Å². The van der Waals surface area contributed by atoms with E-state index in [0.29, 0.717) is 12.3 Å². The quantitative estimate of drug-likeness (QED) is 0.721. The van der Waals surface area contributed by atoms with Crippen LogP contribution in [0, 0.1) is 0 Å². The first-order valence-corrected chi connectivity index (χ1v) is 9.08. The summed E-state index contributed by atoms with van der Waals surface area (Å²) in [5, 5.41) is 18.8. The zero-order valence-electron chi connectivity index (χ0n) is 11.9. The maximum absolute atomic E-state index is 11.9. The van der Waals surface area contributed by atoms with Crippen molar-refractivity contribution in [3.63, 3.8) is 0 Å². The molecular weight excluding hydrogens is 320 g/mol. The van der Waals surface area contributed by atoms with Gasteiger partial charge in [-0.25, -0.2) is 4.79 Å². The van der Waals surface area contributed by atoms with Gasteiger partial charge in [-0.2, -0.15) is 11.3 Å². The molecule has 5 nitrogen and oxygen atoms in total. The first-order valence-electron chi connectivity index (χ1n) is 6.82. The van der Waals surface area contributed by atoms with E-state index >= 15 is 0 Å². The van der Waals surface area contributed by atoms with Crippen molar-refractivity contribution < 1.29 is 14.1 Å². The minimum Gasteiger partial charge on any atom is -0.387 e. The highest BCUT2D eigenvalue weighted by atomic mass is 32.2. The molecule has 2 amide bonds. The molecule has 0 aliphatic heterocycles. The molecule has 0 radical (unpaired) electrons. The fourth-order valence-electron chi connectivity index (χ4n) is 1.78. The molecule has 3 N–H and O–H groups in total. The summed E-state index contributed by atoms with van der Waals surface area (Å²) < 4.78 is 11.9. The van der Waals surface area contributed by atoms with E-state index in [1.54, 1.807) is 12.1 Å². The van der Waals surface area contributed by atoms with Gasteiger partial charge in [0.15, 0.2) is 0 Å². The third kappa shape index (κ3) is 5.25. The summed E-state index contributed by atoms with van der Waals surface area (Å²) in [6.45, 7) is 0.451. The van der Waals surface area contributed by atoms with E-state index in [4.69, 9.17) is 0 Å². The SMILES string of the molecule is O=C(NCC[S@](=O)c1ccccc1)NC[C@H](O)c1ccsc1. The highest BCUT2D eigenvalue weighted by molar-refractivity contribution is 7.85. The molecule has 0 bridgehead atoms. The Morgan fingerprint density at radius 1 is 1.23 bits per heavy atom. The second-order valence-corrected chi connectivity index (χ2v) is 6.92. The van der Waals surface area contributed by atoms with Gasteiger partial charge < -0.3 is 15.7 Å². The van der Waals surface area contributed by atoms with Gasteiger partial charge in [0.2, 0.25) is 0 Å². The Morgan fingerprint density at radius 3 is 2.68 bits per heavy atom. The molecule has 1 heterocycles. The molecule has 1 aromatic heterocycles. The minimum absolute atomic E-state index is 0.143. The van der Waals surface area contributed by atoms with Gasteiger partial charge in [-0.3, -0.25) is 4.21 Å². The molecule has 7 heteroatoms. The number of rotatable bonds is 7. The van der Waals surface area contributed by atoms with E-state index < -0.39 is 16.9 Å². The number of benzene rings is 1. The first-order chi connectivity index (χ1) is 10.7. The summed E-state index contributed by atoms with van der Waals surface area (Å²) in [4.78, 5) is 12.4. The van der Waals surface area contributed by atoms with Crippen LogP contribution in [-0.2, 0) is 10.8 Å². The summed E-state index contributed by atoms with van der Waals surface area (Å²) in [7, 11) is -1.13. The number of nitrogens with one attached hydrogen (secondary N) is 2. The Bertz CT molecular complexity index is 603. The van der Waals surface area contributed by atoms with Crippen molar-refractivity contribution in [1.29, 1.82) is 0 Å². The van der Waals surface area contributed by atoms with Crippen molar-refractivity contribution in [1.82, 2.24) is 10.6 Å². The maximum atomic E-state index is 11.9. The molecule has 0 aliphatic rings. The van der Waals surface area contributed by atoms with E-state index in [0.717, 1.165) is 10.5 Å². The number of thiophene rings is 1. The lowest BCUT2D eigenvalue weighted by molar-refractivity contribution is 0.173. The minimum atomic E-state index is -1.13. The van der Waals surface area contributed by atoms with Crippen LogP contribution in [0.15, 0.2) is 52.1 Å². The van der Waals surface area contributed by atoms with Gasteiger partial charge in [0.1, 0.15) is 0 Å². The largest absolute Gasteiger partial charge is 0.387 e. The van der Waals surface area contributed by atoms with Crippen molar-refractivity contribution in [2.24, 2.45) is 0 Å². The van der Waals surface area contributed by atoms with Crippen molar-refractivity contribution >= 4 is 28.2 Å². The first kappa shape index (κ1) is 16.7. The van der Waals surface area contributed by atoms with Gasteiger partial charge in [0.05, 0.1) is 16.9 Å². The average Bonchev–Trinajstić information content (AvgIpc) is 3.08. The van der Waals surface area contributed by atoms with Crippen LogP contribution >= 0.6 is 11.3 Å². The van der Waals surface area contributed by atoms with Gasteiger partial charge in [-0.15, -0.1) is 0 Å². The standard InChI is InChI=1S/C15H18N2O3S2/c18-14(12-6-8-21-11-12)10-17-15(19)16-7-9-22(20)13-4-2-1-3-5-13/h1-6,8,11,14,18H,7,9-10H2,(H2,16,17,19)/t14-,22-/m0/s1. The Kier molecular flexibility index (Phi) is 6.57. The lowest BCUT2D eigenvalue weighted by atomic mass is 10.2. The van der Waals surface area contributed by atoms with E-state index in [1.165, 1.54) is 11.3 Å². The van der Waals surface area contributed by atoms with Crippen molar-refractivity contribution in [3.8, 4) is 0 Å². The zero-order chi connectivity index (χ0) is 15.8.